The summed E-state index contributed by atoms with van der Waals surface area (Å²) < 4.78 is 1.90. The van der Waals surface area contributed by atoms with Gasteiger partial charge in [-0.1, -0.05) is 29.5 Å². The Hall–Kier alpha value is -3.72. The Labute approximate surface area is 203 Å². The number of nitrogens with one attached hydrogen (secondary N) is 1. The van der Waals surface area contributed by atoms with Crippen molar-refractivity contribution in [2.75, 3.05) is 29.1 Å². The second-order valence-corrected chi connectivity index (χ2v) is 8.57. The zero-order valence-electron chi connectivity index (χ0n) is 19.5. The van der Waals surface area contributed by atoms with Gasteiger partial charge < -0.3 is 10.2 Å². The summed E-state index contributed by atoms with van der Waals surface area (Å²) >= 11 is 1.33. The minimum Gasteiger partial charge on any atom is -0.372 e. The summed E-state index contributed by atoms with van der Waals surface area (Å²) in [5.74, 6) is 0.661. The first-order chi connectivity index (χ1) is 16.6. The van der Waals surface area contributed by atoms with E-state index in [4.69, 9.17) is 0 Å². The van der Waals surface area contributed by atoms with Gasteiger partial charge in [0.1, 0.15) is 5.69 Å². The number of benzene rings is 2. The number of nitrogens with zero attached hydrogens (tertiary/aromatic N) is 6. The molecule has 174 valence electrons. The van der Waals surface area contributed by atoms with Gasteiger partial charge in [0.05, 0.1) is 11.9 Å². The van der Waals surface area contributed by atoms with E-state index in [1.165, 1.54) is 11.8 Å². The van der Waals surface area contributed by atoms with Crippen molar-refractivity contribution in [2.24, 2.45) is 0 Å². The lowest BCUT2D eigenvalue weighted by Gasteiger charge is -2.21. The fourth-order valence-corrected chi connectivity index (χ4v) is 4.29. The molecule has 0 aliphatic heterocycles. The van der Waals surface area contributed by atoms with E-state index in [0.717, 1.165) is 35.7 Å². The number of anilines is 2. The summed E-state index contributed by atoms with van der Waals surface area (Å²) in [6, 6.07) is 16.0. The number of thioether (sulfide) groups is 1. The molecule has 0 spiro atoms. The Balaban J connectivity index is 1.50. The minimum absolute atomic E-state index is 0.111. The standard InChI is InChI=1S/C25H27N7OS/c1-4-31(5-2)20-12-8-19(9-13-20)28-23(33)17-34-25-30-29-24(22-16-26-14-15-27-22)32(25)21-10-6-18(3)7-11-21/h6-16H,4-5,17H2,1-3H3,(H,28,33). The summed E-state index contributed by atoms with van der Waals surface area (Å²) in [6.07, 6.45) is 4.89. The van der Waals surface area contributed by atoms with Crippen LogP contribution in [0.15, 0.2) is 72.3 Å². The van der Waals surface area contributed by atoms with Crippen LogP contribution in [0.2, 0.25) is 0 Å². The van der Waals surface area contributed by atoms with Gasteiger partial charge in [-0.15, -0.1) is 10.2 Å². The highest BCUT2D eigenvalue weighted by atomic mass is 32.2. The monoisotopic (exact) mass is 473 g/mol. The lowest BCUT2D eigenvalue weighted by molar-refractivity contribution is -0.113. The minimum atomic E-state index is -0.111. The zero-order valence-corrected chi connectivity index (χ0v) is 20.3. The van der Waals surface area contributed by atoms with Gasteiger partial charge >= 0.3 is 0 Å². The molecule has 2 aromatic carbocycles. The molecule has 1 amide bonds. The first kappa shape index (κ1) is 23.4. The lowest BCUT2D eigenvalue weighted by Crippen LogP contribution is -2.21. The molecule has 0 aliphatic carbocycles. The molecule has 1 N–H and O–H groups in total. The molecule has 0 unspecified atom stereocenters. The van der Waals surface area contributed by atoms with E-state index in [1.54, 1.807) is 18.6 Å². The molecule has 0 saturated heterocycles. The molecule has 2 aromatic heterocycles. The number of aryl methyl sites for hydroxylation is 1. The molecular formula is C25H27N7OS. The molecule has 0 atom stereocenters. The van der Waals surface area contributed by atoms with Gasteiger partial charge in [0, 0.05) is 42.5 Å². The van der Waals surface area contributed by atoms with Crippen LogP contribution in [0.1, 0.15) is 19.4 Å². The summed E-state index contributed by atoms with van der Waals surface area (Å²) in [7, 11) is 0. The summed E-state index contributed by atoms with van der Waals surface area (Å²) in [5, 5.41) is 12.3. The van der Waals surface area contributed by atoms with Crippen LogP contribution in [0.3, 0.4) is 0 Å². The number of hydrogen-bond donors (Lipinski definition) is 1. The Morgan fingerprint density at radius 2 is 1.74 bits per heavy atom. The van der Waals surface area contributed by atoms with Crippen LogP contribution in [-0.4, -0.2) is 49.5 Å². The van der Waals surface area contributed by atoms with Crippen LogP contribution >= 0.6 is 11.8 Å². The molecule has 0 fully saturated rings. The SMILES string of the molecule is CCN(CC)c1ccc(NC(=O)CSc2nnc(-c3cnccn3)n2-c2ccc(C)cc2)cc1. The van der Waals surface area contributed by atoms with Gasteiger partial charge in [-0.2, -0.15) is 0 Å². The predicted octanol–water partition coefficient (Wildman–Crippen LogP) is 4.61. The normalized spacial score (nSPS) is 10.8. The van der Waals surface area contributed by atoms with Crippen molar-refractivity contribution in [3.63, 3.8) is 0 Å². The molecular weight excluding hydrogens is 446 g/mol. The smallest absolute Gasteiger partial charge is 0.234 e. The molecule has 0 saturated carbocycles. The molecule has 0 aliphatic rings. The van der Waals surface area contributed by atoms with Gasteiger partial charge in [0.2, 0.25) is 5.91 Å². The van der Waals surface area contributed by atoms with Gasteiger partial charge in [0.15, 0.2) is 11.0 Å². The average molecular weight is 474 g/mol. The maximum Gasteiger partial charge on any atom is 0.234 e. The maximum atomic E-state index is 12.7. The van der Waals surface area contributed by atoms with Crippen LogP contribution in [0.4, 0.5) is 11.4 Å². The van der Waals surface area contributed by atoms with E-state index >= 15 is 0 Å². The third-order valence-electron chi connectivity index (χ3n) is 5.33. The zero-order chi connectivity index (χ0) is 23.9. The number of aromatic nitrogens is 5. The molecule has 4 rings (SSSR count). The molecule has 0 radical (unpaired) electrons. The molecule has 9 heteroatoms. The number of hydrogen-bond acceptors (Lipinski definition) is 7. The lowest BCUT2D eigenvalue weighted by atomic mass is 10.2. The van der Waals surface area contributed by atoms with Crippen LogP contribution in [0.25, 0.3) is 17.2 Å². The number of amides is 1. The van der Waals surface area contributed by atoms with Crippen molar-refractivity contribution in [3.05, 3.63) is 72.7 Å². The highest BCUT2D eigenvalue weighted by Crippen LogP contribution is 2.27. The van der Waals surface area contributed by atoms with Gasteiger partial charge in [-0.3, -0.25) is 14.3 Å². The van der Waals surface area contributed by atoms with Crippen LogP contribution in [0, 0.1) is 6.92 Å². The third kappa shape index (κ3) is 5.43. The van der Waals surface area contributed by atoms with Crippen molar-refractivity contribution in [1.29, 1.82) is 0 Å². The molecule has 0 bridgehead atoms. The van der Waals surface area contributed by atoms with E-state index < -0.39 is 0 Å². The van der Waals surface area contributed by atoms with E-state index in [2.05, 4.69) is 44.2 Å². The summed E-state index contributed by atoms with van der Waals surface area (Å²) in [5.41, 5.74) is 4.56. The molecule has 2 heterocycles. The number of rotatable bonds is 9. The van der Waals surface area contributed by atoms with Gasteiger partial charge in [-0.25, -0.2) is 4.98 Å². The third-order valence-corrected chi connectivity index (χ3v) is 6.26. The van der Waals surface area contributed by atoms with Crippen molar-refractivity contribution < 1.29 is 4.79 Å². The van der Waals surface area contributed by atoms with Crippen molar-refractivity contribution in [1.82, 2.24) is 24.7 Å². The van der Waals surface area contributed by atoms with E-state index in [0.29, 0.717) is 16.7 Å². The topological polar surface area (TPSA) is 88.8 Å². The molecule has 8 nitrogen and oxygen atoms in total. The van der Waals surface area contributed by atoms with E-state index in [-0.39, 0.29) is 11.7 Å². The predicted molar refractivity (Wildman–Crippen MR) is 136 cm³/mol. The fraction of sp³-hybridized carbons (Fsp3) is 0.240. The van der Waals surface area contributed by atoms with Gasteiger partial charge in [-0.05, 0) is 57.2 Å². The largest absolute Gasteiger partial charge is 0.372 e. The average Bonchev–Trinajstić information content (AvgIpc) is 3.29. The molecule has 34 heavy (non-hydrogen) atoms. The Morgan fingerprint density at radius 3 is 2.38 bits per heavy atom. The Kier molecular flexibility index (Phi) is 7.54. The first-order valence-electron chi connectivity index (χ1n) is 11.2. The van der Waals surface area contributed by atoms with Crippen LogP contribution < -0.4 is 10.2 Å². The maximum absolute atomic E-state index is 12.7. The van der Waals surface area contributed by atoms with Crippen molar-refractivity contribution >= 4 is 29.0 Å². The Bertz CT molecular complexity index is 1220. The fourth-order valence-electron chi connectivity index (χ4n) is 3.54. The van der Waals surface area contributed by atoms with Crippen LogP contribution in [-0.2, 0) is 4.79 Å². The molecule has 4 aromatic rings. The number of carbonyl (C=O) groups excluding carboxylic acids is 1. The van der Waals surface area contributed by atoms with Crippen LogP contribution in [0.5, 0.6) is 0 Å². The van der Waals surface area contributed by atoms with Crippen molar-refractivity contribution in [3.8, 4) is 17.2 Å². The number of carbonyl (C=O) groups is 1. The summed E-state index contributed by atoms with van der Waals surface area (Å²) in [6.45, 7) is 8.17. The van der Waals surface area contributed by atoms with E-state index in [9.17, 15) is 4.79 Å². The van der Waals surface area contributed by atoms with Gasteiger partial charge in [0.25, 0.3) is 0 Å². The first-order valence-corrected chi connectivity index (χ1v) is 12.1. The second kappa shape index (κ2) is 10.9. The quantitative estimate of drug-likeness (QED) is 0.355. The second-order valence-electron chi connectivity index (χ2n) is 7.62. The van der Waals surface area contributed by atoms with E-state index in [1.807, 2.05) is 60.0 Å². The Morgan fingerprint density at radius 1 is 1.00 bits per heavy atom. The highest BCUT2D eigenvalue weighted by Gasteiger charge is 2.18. The summed E-state index contributed by atoms with van der Waals surface area (Å²) in [4.78, 5) is 23.4. The highest BCUT2D eigenvalue weighted by molar-refractivity contribution is 7.99. The van der Waals surface area contributed by atoms with Crippen molar-refractivity contribution in [2.45, 2.75) is 25.9 Å².